The van der Waals surface area contributed by atoms with E-state index >= 15 is 0 Å². The molecule has 13 heavy (non-hydrogen) atoms. The molecule has 0 heterocycles. The van der Waals surface area contributed by atoms with Crippen molar-refractivity contribution in [3.63, 3.8) is 0 Å². The maximum absolute atomic E-state index is 3.68. The van der Waals surface area contributed by atoms with E-state index in [-0.39, 0.29) is 0 Å². The summed E-state index contributed by atoms with van der Waals surface area (Å²) in [4.78, 5) is 0. The molecule has 2 saturated carbocycles. The Morgan fingerprint density at radius 1 is 1.38 bits per heavy atom. The molecule has 1 heteroatoms. The number of hydrogen-bond donors (Lipinski definition) is 1. The fourth-order valence-corrected chi connectivity index (χ4v) is 2.12. The number of rotatable bonds is 5. The van der Waals surface area contributed by atoms with Gasteiger partial charge in [0.05, 0.1) is 0 Å². The van der Waals surface area contributed by atoms with E-state index in [1.807, 2.05) is 0 Å². The SMILES string of the molecule is CC(CC1CCC1)NCC1(C)CC1. The molecule has 76 valence electrons. The van der Waals surface area contributed by atoms with E-state index < -0.39 is 0 Å². The van der Waals surface area contributed by atoms with Crippen LogP contribution in [0.2, 0.25) is 0 Å². The van der Waals surface area contributed by atoms with Crippen molar-refractivity contribution in [2.75, 3.05) is 6.54 Å². The second kappa shape index (κ2) is 3.61. The predicted molar refractivity (Wildman–Crippen MR) is 56.8 cm³/mol. The summed E-state index contributed by atoms with van der Waals surface area (Å²) in [6, 6.07) is 0.753. The van der Waals surface area contributed by atoms with Gasteiger partial charge in [-0.05, 0) is 37.5 Å². The van der Waals surface area contributed by atoms with Crippen LogP contribution in [0.15, 0.2) is 0 Å². The Morgan fingerprint density at radius 2 is 2.08 bits per heavy atom. The first-order valence-electron chi connectivity index (χ1n) is 5.91. The molecular formula is C12H23N. The summed E-state index contributed by atoms with van der Waals surface area (Å²) >= 11 is 0. The minimum atomic E-state index is 0.674. The molecule has 0 aromatic heterocycles. The standard InChI is InChI=1S/C12H23N/c1-10(8-11-4-3-5-11)13-9-12(2)6-7-12/h10-11,13H,3-9H2,1-2H3. The summed E-state index contributed by atoms with van der Waals surface area (Å²) in [6.07, 6.45) is 8.75. The highest BCUT2D eigenvalue weighted by molar-refractivity contribution is 4.91. The van der Waals surface area contributed by atoms with Crippen LogP contribution in [0.25, 0.3) is 0 Å². The molecule has 2 fully saturated rings. The fraction of sp³-hybridized carbons (Fsp3) is 1.00. The summed E-state index contributed by atoms with van der Waals surface area (Å²) in [5.74, 6) is 1.05. The third-order valence-corrected chi connectivity index (χ3v) is 3.89. The summed E-state index contributed by atoms with van der Waals surface area (Å²) in [7, 11) is 0. The predicted octanol–water partition coefficient (Wildman–Crippen LogP) is 2.95. The van der Waals surface area contributed by atoms with Gasteiger partial charge in [0.1, 0.15) is 0 Å². The lowest BCUT2D eigenvalue weighted by atomic mass is 9.81. The second-order valence-electron chi connectivity index (χ2n) is 5.63. The van der Waals surface area contributed by atoms with E-state index in [1.54, 1.807) is 0 Å². The molecule has 0 amide bonds. The zero-order chi connectivity index (χ0) is 9.31. The highest BCUT2D eigenvalue weighted by Crippen LogP contribution is 2.44. The second-order valence-corrected chi connectivity index (χ2v) is 5.63. The fourth-order valence-electron chi connectivity index (χ4n) is 2.12. The minimum Gasteiger partial charge on any atom is -0.314 e. The van der Waals surface area contributed by atoms with Crippen molar-refractivity contribution >= 4 is 0 Å². The molecule has 0 aromatic rings. The van der Waals surface area contributed by atoms with Gasteiger partial charge in [-0.1, -0.05) is 26.2 Å². The Bertz CT molecular complexity index is 168. The van der Waals surface area contributed by atoms with Gasteiger partial charge in [0.25, 0.3) is 0 Å². The van der Waals surface area contributed by atoms with Crippen LogP contribution in [0.4, 0.5) is 0 Å². The third kappa shape index (κ3) is 2.70. The van der Waals surface area contributed by atoms with Crippen LogP contribution in [-0.2, 0) is 0 Å². The molecule has 1 atom stereocenters. The van der Waals surface area contributed by atoms with Gasteiger partial charge in [-0.2, -0.15) is 0 Å². The summed E-state index contributed by atoms with van der Waals surface area (Å²) < 4.78 is 0. The van der Waals surface area contributed by atoms with Crippen LogP contribution < -0.4 is 5.32 Å². The molecule has 0 aliphatic heterocycles. The van der Waals surface area contributed by atoms with Crippen LogP contribution in [-0.4, -0.2) is 12.6 Å². The van der Waals surface area contributed by atoms with E-state index in [2.05, 4.69) is 19.2 Å². The third-order valence-electron chi connectivity index (χ3n) is 3.89. The molecule has 2 aliphatic carbocycles. The maximum atomic E-state index is 3.68. The van der Waals surface area contributed by atoms with Gasteiger partial charge in [-0.25, -0.2) is 0 Å². The Hall–Kier alpha value is -0.0400. The molecule has 2 aliphatic rings. The highest BCUT2D eigenvalue weighted by atomic mass is 14.9. The van der Waals surface area contributed by atoms with Crippen LogP contribution in [0.1, 0.15) is 52.4 Å². The summed E-state index contributed by atoms with van der Waals surface area (Å²) in [5.41, 5.74) is 0.674. The van der Waals surface area contributed by atoms with Crippen molar-refractivity contribution in [1.29, 1.82) is 0 Å². The van der Waals surface area contributed by atoms with Crippen LogP contribution in [0.5, 0.6) is 0 Å². The average molecular weight is 181 g/mol. The first-order chi connectivity index (χ1) is 6.18. The van der Waals surface area contributed by atoms with Crippen LogP contribution in [0, 0.1) is 11.3 Å². The molecule has 1 N–H and O–H groups in total. The normalized spacial score (nSPS) is 28.2. The Morgan fingerprint density at radius 3 is 2.54 bits per heavy atom. The first kappa shape index (κ1) is 9.51. The molecule has 0 aromatic carbocycles. The molecule has 1 nitrogen and oxygen atoms in total. The van der Waals surface area contributed by atoms with Crippen molar-refractivity contribution in [3.05, 3.63) is 0 Å². The Balaban J connectivity index is 1.57. The van der Waals surface area contributed by atoms with Gasteiger partial charge < -0.3 is 5.32 Å². The van der Waals surface area contributed by atoms with Gasteiger partial charge >= 0.3 is 0 Å². The van der Waals surface area contributed by atoms with Crippen molar-refractivity contribution in [2.45, 2.75) is 58.4 Å². The van der Waals surface area contributed by atoms with Gasteiger partial charge in [0.2, 0.25) is 0 Å². The molecule has 0 bridgehead atoms. The zero-order valence-electron chi connectivity index (χ0n) is 9.10. The lowest BCUT2D eigenvalue weighted by Crippen LogP contribution is -2.33. The smallest absolute Gasteiger partial charge is 0.00415 e. The lowest BCUT2D eigenvalue weighted by molar-refractivity contribution is 0.261. The van der Waals surface area contributed by atoms with Crippen LogP contribution in [0.3, 0.4) is 0 Å². The molecular weight excluding hydrogens is 158 g/mol. The first-order valence-corrected chi connectivity index (χ1v) is 5.91. The van der Waals surface area contributed by atoms with Gasteiger partial charge in [0, 0.05) is 12.6 Å². The monoisotopic (exact) mass is 181 g/mol. The zero-order valence-corrected chi connectivity index (χ0v) is 9.10. The molecule has 2 rings (SSSR count). The van der Waals surface area contributed by atoms with Crippen molar-refractivity contribution in [3.8, 4) is 0 Å². The average Bonchev–Trinajstić information content (AvgIpc) is 2.74. The largest absolute Gasteiger partial charge is 0.314 e. The lowest BCUT2D eigenvalue weighted by Gasteiger charge is -2.29. The number of nitrogens with one attached hydrogen (secondary N) is 1. The van der Waals surface area contributed by atoms with E-state index in [1.165, 1.54) is 45.1 Å². The summed E-state index contributed by atoms with van der Waals surface area (Å²) in [6.45, 7) is 6.00. The van der Waals surface area contributed by atoms with E-state index in [0.717, 1.165) is 12.0 Å². The quantitative estimate of drug-likeness (QED) is 0.687. The van der Waals surface area contributed by atoms with Crippen LogP contribution >= 0.6 is 0 Å². The van der Waals surface area contributed by atoms with E-state index in [4.69, 9.17) is 0 Å². The molecule has 0 radical (unpaired) electrons. The summed E-state index contributed by atoms with van der Waals surface area (Å²) in [5, 5.41) is 3.68. The maximum Gasteiger partial charge on any atom is 0.00415 e. The van der Waals surface area contributed by atoms with Crippen molar-refractivity contribution in [1.82, 2.24) is 5.32 Å². The van der Waals surface area contributed by atoms with Crippen molar-refractivity contribution < 1.29 is 0 Å². The topological polar surface area (TPSA) is 12.0 Å². The highest BCUT2D eigenvalue weighted by Gasteiger charge is 2.37. The van der Waals surface area contributed by atoms with E-state index in [0.29, 0.717) is 5.41 Å². The van der Waals surface area contributed by atoms with E-state index in [9.17, 15) is 0 Å². The molecule has 0 spiro atoms. The Labute approximate surface area is 82.3 Å². The molecule has 1 unspecified atom stereocenters. The van der Waals surface area contributed by atoms with Crippen molar-refractivity contribution in [2.24, 2.45) is 11.3 Å². The van der Waals surface area contributed by atoms with Gasteiger partial charge in [0.15, 0.2) is 0 Å². The Kier molecular flexibility index (Phi) is 2.64. The molecule has 0 saturated heterocycles. The van der Waals surface area contributed by atoms with Gasteiger partial charge in [-0.3, -0.25) is 0 Å². The van der Waals surface area contributed by atoms with Gasteiger partial charge in [-0.15, -0.1) is 0 Å². The minimum absolute atomic E-state index is 0.674. The number of hydrogen-bond acceptors (Lipinski definition) is 1.